The summed E-state index contributed by atoms with van der Waals surface area (Å²) in [5.41, 5.74) is 8.83. The number of halogens is 1. The molecule has 24 heavy (non-hydrogen) atoms. The Morgan fingerprint density at radius 1 is 1.17 bits per heavy atom. The van der Waals surface area contributed by atoms with Crippen LogP contribution in [0.1, 0.15) is 11.4 Å². The van der Waals surface area contributed by atoms with Crippen LogP contribution in [-0.4, -0.2) is 39.9 Å². The zero-order chi connectivity index (χ0) is 17.1. The molecular weight excluding hydrogens is 313 g/mol. The summed E-state index contributed by atoms with van der Waals surface area (Å²) in [5.74, 6) is 0.424. The minimum absolute atomic E-state index is 0.213. The van der Waals surface area contributed by atoms with E-state index in [-0.39, 0.29) is 18.4 Å². The van der Waals surface area contributed by atoms with Crippen LogP contribution in [0.4, 0.5) is 10.3 Å². The Kier molecular flexibility index (Phi) is 4.68. The smallest absolute Gasteiger partial charge is 0.223 e. The fourth-order valence-corrected chi connectivity index (χ4v) is 2.36. The molecule has 0 saturated heterocycles. The number of nitrogens with zero attached hydrogens (tertiary/aromatic N) is 4. The van der Waals surface area contributed by atoms with Crippen LogP contribution in [0.3, 0.4) is 0 Å². The van der Waals surface area contributed by atoms with Gasteiger partial charge >= 0.3 is 0 Å². The van der Waals surface area contributed by atoms with Crippen LogP contribution in [0.2, 0.25) is 0 Å². The summed E-state index contributed by atoms with van der Waals surface area (Å²) in [6, 6.07) is 6.09. The van der Waals surface area contributed by atoms with E-state index in [1.165, 1.54) is 16.6 Å². The van der Waals surface area contributed by atoms with Gasteiger partial charge in [-0.1, -0.05) is 0 Å². The van der Waals surface area contributed by atoms with Gasteiger partial charge in [0.05, 0.1) is 18.9 Å². The lowest BCUT2D eigenvalue weighted by molar-refractivity contribution is 0.0587. The number of aromatic nitrogens is 4. The Bertz CT molecular complexity index is 848. The highest BCUT2D eigenvalue weighted by molar-refractivity contribution is 5.71. The molecule has 126 valence electrons. The van der Waals surface area contributed by atoms with Gasteiger partial charge in [-0.3, -0.25) is 0 Å². The maximum atomic E-state index is 13.1. The average Bonchev–Trinajstić information content (AvgIpc) is 3.01. The summed E-state index contributed by atoms with van der Waals surface area (Å²) in [6.45, 7) is 3.10. The topological polar surface area (TPSA) is 87.6 Å². The van der Waals surface area contributed by atoms with Crippen LogP contribution in [0.25, 0.3) is 16.9 Å². The van der Waals surface area contributed by atoms with Gasteiger partial charge in [-0.2, -0.15) is 4.52 Å². The molecule has 2 aromatic heterocycles. The third-order valence-corrected chi connectivity index (χ3v) is 3.57. The molecule has 3 rings (SSSR count). The molecule has 0 amide bonds. The fraction of sp³-hybridized carbons (Fsp3) is 0.312. The van der Waals surface area contributed by atoms with E-state index in [1.807, 2.05) is 6.92 Å². The van der Waals surface area contributed by atoms with E-state index < -0.39 is 0 Å². The second kappa shape index (κ2) is 6.90. The second-order valence-corrected chi connectivity index (χ2v) is 5.26. The van der Waals surface area contributed by atoms with E-state index in [4.69, 9.17) is 15.2 Å². The van der Waals surface area contributed by atoms with E-state index in [9.17, 15) is 4.39 Å². The largest absolute Gasteiger partial charge is 0.382 e. The molecular formula is C16H18FN5O2. The monoisotopic (exact) mass is 331 g/mol. The summed E-state index contributed by atoms with van der Waals surface area (Å²) in [4.78, 5) is 8.85. The first-order chi connectivity index (χ1) is 11.6. The van der Waals surface area contributed by atoms with E-state index in [2.05, 4.69) is 15.1 Å². The molecule has 0 saturated carbocycles. The van der Waals surface area contributed by atoms with Crippen LogP contribution in [0, 0.1) is 12.7 Å². The maximum Gasteiger partial charge on any atom is 0.223 e. The van der Waals surface area contributed by atoms with E-state index in [1.54, 1.807) is 19.2 Å². The number of hydrogen-bond acceptors (Lipinski definition) is 6. The molecule has 0 radical (unpaired) electrons. The van der Waals surface area contributed by atoms with Gasteiger partial charge in [0.25, 0.3) is 0 Å². The predicted molar refractivity (Wildman–Crippen MR) is 86.9 cm³/mol. The summed E-state index contributed by atoms with van der Waals surface area (Å²) < 4.78 is 25.0. The van der Waals surface area contributed by atoms with Crippen molar-refractivity contribution in [1.29, 1.82) is 0 Å². The first kappa shape index (κ1) is 16.3. The molecule has 7 nitrogen and oxygen atoms in total. The van der Waals surface area contributed by atoms with Crippen LogP contribution < -0.4 is 5.73 Å². The van der Waals surface area contributed by atoms with Crippen molar-refractivity contribution in [3.63, 3.8) is 0 Å². The van der Waals surface area contributed by atoms with Gasteiger partial charge in [-0.15, -0.1) is 5.10 Å². The van der Waals surface area contributed by atoms with Gasteiger partial charge < -0.3 is 15.2 Å². The standard InChI is InChI=1S/C16H18FN5O2/c1-10-14(11-3-5-12(17)6-4-11)20-16(18)22-15(10)19-13(21-22)9-24-8-7-23-2/h3-6H,7-9H2,1-2H3,(H2,18,20). The molecule has 0 atom stereocenters. The summed E-state index contributed by atoms with van der Waals surface area (Å²) >= 11 is 0. The first-order valence-corrected chi connectivity index (χ1v) is 7.44. The van der Waals surface area contributed by atoms with Crippen molar-refractivity contribution in [2.75, 3.05) is 26.1 Å². The molecule has 0 aliphatic carbocycles. The highest BCUT2D eigenvalue weighted by Gasteiger charge is 2.15. The SMILES string of the molecule is COCCOCc1nc2c(C)c(-c3ccc(F)cc3)nc(N)n2n1. The van der Waals surface area contributed by atoms with Crippen molar-refractivity contribution in [1.82, 2.24) is 19.6 Å². The van der Waals surface area contributed by atoms with Crippen molar-refractivity contribution in [2.24, 2.45) is 0 Å². The summed E-state index contributed by atoms with van der Waals surface area (Å²) in [7, 11) is 1.61. The highest BCUT2D eigenvalue weighted by Crippen LogP contribution is 2.25. The van der Waals surface area contributed by atoms with E-state index in [0.717, 1.165) is 11.1 Å². The maximum absolute atomic E-state index is 13.1. The lowest BCUT2D eigenvalue weighted by Gasteiger charge is -2.07. The van der Waals surface area contributed by atoms with Crippen LogP contribution >= 0.6 is 0 Å². The van der Waals surface area contributed by atoms with Crippen LogP contribution in [0.5, 0.6) is 0 Å². The fourth-order valence-electron chi connectivity index (χ4n) is 2.36. The molecule has 0 spiro atoms. The van der Waals surface area contributed by atoms with Gasteiger partial charge in [0, 0.05) is 18.2 Å². The van der Waals surface area contributed by atoms with Gasteiger partial charge in [0.2, 0.25) is 5.95 Å². The van der Waals surface area contributed by atoms with Gasteiger partial charge in [0.1, 0.15) is 12.4 Å². The average molecular weight is 331 g/mol. The minimum atomic E-state index is -0.302. The third-order valence-electron chi connectivity index (χ3n) is 3.57. The van der Waals surface area contributed by atoms with E-state index in [0.29, 0.717) is 30.4 Å². The van der Waals surface area contributed by atoms with Crippen LogP contribution in [0.15, 0.2) is 24.3 Å². The Labute approximate surface area is 138 Å². The molecule has 2 heterocycles. The highest BCUT2D eigenvalue weighted by atomic mass is 19.1. The number of rotatable bonds is 6. The van der Waals surface area contributed by atoms with Crippen molar-refractivity contribution in [3.8, 4) is 11.3 Å². The van der Waals surface area contributed by atoms with Crippen molar-refractivity contribution in [3.05, 3.63) is 41.5 Å². The number of hydrogen-bond donors (Lipinski definition) is 1. The number of ether oxygens (including phenoxy) is 2. The molecule has 1 aromatic carbocycles. The molecule has 0 unspecified atom stereocenters. The third kappa shape index (κ3) is 3.19. The Balaban J connectivity index is 1.95. The van der Waals surface area contributed by atoms with E-state index >= 15 is 0 Å². The van der Waals surface area contributed by atoms with Crippen molar-refractivity contribution in [2.45, 2.75) is 13.5 Å². The van der Waals surface area contributed by atoms with Crippen LogP contribution in [-0.2, 0) is 16.1 Å². The van der Waals surface area contributed by atoms with Crippen molar-refractivity contribution >= 4 is 11.6 Å². The zero-order valence-corrected chi connectivity index (χ0v) is 13.5. The molecule has 2 N–H and O–H groups in total. The number of anilines is 1. The second-order valence-electron chi connectivity index (χ2n) is 5.26. The summed E-state index contributed by atoms with van der Waals surface area (Å²) in [6.07, 6.45) is 0. The number of methoxy groups -OCH3 is 1. The Morgan fingerprint density at radius 2 is 1.92 bits per heavy atom. The minimum Gasteiger partial charge on any atom is -0.382 e. The zero-order valence-electron chi connectivity index (χ0n) is 13.5. The van der Waals surface area contributed by atoms with Gasteiger partial charge in [-0.05, 0) is 31.2 Å². The lowest BCUT2D eigenvalue weighted by atomic mass is 10.1. The molecule has 8 heteroatoms. The normalized spacial score (nSPS) is 11.3. The Morgan fingerprint density at radius 3 is 2.62 bits per heavy atom. The number of nitrogen functional groups attached to an aromatic ring is 1. The van der Waals surface area contributed by atoms with Crippen molar-refractivity contribution < 1.29 is 13.9 Å². The Hall–Kier alpha value is -2.58. The predicted octanol–water partition coefficient (Wildman–Crippen LogP) is 1.98. The number of benzene rings is 1. The molecule has 3 aromatic rings. The van der Waals surface area contributed by atoms with Gasteiger partial charge in [-0.25, -0.2) is 14.4 Å². The number of nitrogens with two attached hydrogens (primary N) is 1. The number of fused-ring (bicyclic) bond motifs is 1. The first-order valence-electron chi connectivity index (χ1n) is 7.44. The lowest BCUT2D eigenvalue weighted by Crippen LogP contribution is -2.06. The quantitative estimate of drug-likeness (QED) is 0.695. The number of aryl methyl sites for hydroxylation is 1. The molecule has 0 aliphatic rings. The summed E-state index contributed by atoms with van der Waals surface area (Å²) in [5, 5.41) is 4.31. The molecule has 0 bridgehead atoms. The molecule has 0 aliphatic heterocycles. The molecule has 0 fully saturated rings. The van der Waals surface area contributed by atoms with Gasteiger partial charge in [0.15, 0.2) is 11.5 Å².